The Balaban J connectivity index is 1.87. The molecule has 196 valence electrons. The van der Waals surface area contributed by atoms with E-state index in [0.717, 1.165) is 25.9 Å². The first-order valence-electron chi connectivity index (χ1n) is 12.9. The Labute approximate surface area is 215 Å². The van der Waals surface area contributed by atoms with E-state index in [9.17, 15) is 9.59 Å². The summed E-state index contributed by atoms with van der Waals surface area (Å²) in [5.74, 6) is 0.517. The van der Waals surface area contributed by atoms with Crippen molar-refractivity contribution in [3.05, 3.63) is 59.7 Å². The fourth-order valence-electron chi connectivity index (χ4n) is 4.61. The molecule has 0 spiro atoms. The third kappa shape index (κ3) is 7.55. The zero-order valence-electron chi connectivity index (χ0n) is 22.3. The van der Waals surface area contributed by atoms with Crippen LogP contribution in [-0.2, 0) is 16.0 Å². The van der Waals surface area contributed by atoms with E-state index in [1.807, 2.05) is 13.0 Å². The van der Waals surface area contributed by atoms with Crippen LogP contribution >= 0.6 is 0 Å². The topological polar surface area (TPSA) is 71.1 Å². The minimum Gasteiger partial charge on any atom is -0.491 e. The smallest absolute Gasteiger partial charge is 0.257 e. The molecule has 1 N–H and O–H groups in total. The molecular weight excluding hydrogens is 454 g/mol. The van der Waals surface area contributed by atoms with Gasteiger partial charge in [0.15, 0.2) is 0 Å². The van der Waals surface area contributed by atoms with Gasteiger partial charge in [0.05, 0.1) is 11.7 Å². The molecule has 0 saturated carbocycles. The zero-order valence-corrected chi connectivity index (χ0v) is 22.3. The fraction of sp³-hybridized carbons (Fsp3) is 0.517. The normalized spacial score (nSPS) is 21.6. The Bertz CT molecular complexity index is 997. The molecule has 0 aliphatic carbocycles. The second kappa shape index (κ2) is 13.4. The summed E-state index contributed by atoms with van der Waals surface area (Å²) < 4.78 is 12.1. The lowest BCUT2D eigenvalue weighted by atomic mass is 10.0. The summed E-state index contributed by atoms with van der Waals surface area (Å²) in [7, 11) is 3.50. The van der Waals surface area contributed by atoms with Crippen molar-refractivity contribution < 1.29 is 19.1 Å². The van der Waals surface area contributed by atoms with Gasteiger partial charge in [-0.15, -0.1) is 0 Å². The SMILES string of the molecule is CCCC(=O)Nc1ccc2c(c1)C(=O)N(C)C[C@@H](OC)[C@H](C)CN(CCc1ccccc1)[C@@H](C)CO2. The highest BCUT2D eigenvalue weighted by atomic mass is 16.5. The first-order chi connectivity index (χ1) is 17.3. The number of methoxy groups -OCH3 is 1. The summed E-state index contributed by atoms with van der Waals surface area (Å²) in [6, 6.07) is 15.9. The van der Waals surface area contributed by atoms with Gasteiger partial charge in [-0.3, -0.25) is 14.5 Å². The summed E-state index contributed by atoms with van der Waals surface area (Å²) in [6.45, 7) is 8.96. The standard InChI is InChI=1S/C29H41N3O4/c1-6-10-28(33)30-24-13-14-26-25(17-24)29(34)31(4)19-27(35-5)21(2)18-32(22(3)20-36-26)16-15-23-11-8-7-9-12-23/h7-9,11-14,17,21-22,27H,6,10,15-16,18-20H2,1-5H3,(H,30,33)/t21-,22+,27-/m1/s1. The Morgan fingerprint density at radius 1 is 1.14 bits per heavy atom. The van der Waals surface area contributed by atoms with E-state index < -0.39 is 0 Å². The minimum atomic E-state index is -0.153. The summed E-state index contributed by atoms with van der Waals surface area (Å²) >= 11 is 0. The number of fused-ring (bicyclic) bond motifs is 1. The van der Waals surface area contributed by atoms with Gasteiger partial charge in [-0.25, -0.2) is 0 Å². The molecule has 3 atom stereocenters. The number of nitrogens with zero attached hydrogens (tertiary/aromatic N) is 2. The van der Waals surface area contributed by atoms with Gasteiger partial charge in [0.1, 0.15) is 12.4 Å². The van der Waals surface area contributed by atoms with E-state index >= 15 is 0 Å². The van der Waals surface area contributed by atoms with Gasteiger partial charge in [-0.2, -0.15) is 0 Å². The van der Waals surface area contributed by atoms with Gasteiger partial charge in [-0.05, 0) is 49.4 Å². The zero-order chi connectivity index (χ0) is 26.1. The predicted molar refractivity (Wildman–Crippen MR) is 144 cm³/mol. The van der Waals surface area contributed by atoms with Gasteiger partial charge in [0.25, 0.3) is 5.91 Å². The number of hydrogen-bond acceptors (Lipinski definition) is 5. The van der Waals surface area contributed by atoms with E-state index in [1.54, 1.807) is 37.3 Å². The van der Waals surface area contributed by atoms with Crippen LogP contribution in [0.25, 0.3) is 0 Å². The maximum atomic E-state index is 13.5. The first-order valence-corrected chi connectivity index (χ1v) is 12.9. The van der Waals surface area contributed by atoms with Crippen LogP contribution in [0, 0.1) is 5.92 Å². The summed E-state index contributed by atoms with van der Waals surface area (Å²) in [5, 5.41) is 2.89. The van der Waals surface area contributed by atoms with Gasteiger partial charge >= 0.3 is 0 Å². The molecule has 1 aliphatic heterocycles. The van der Waals surface area contributed by atoms with Crippen LogP contribution in [0.15, 0.2) is 48.5 Å². The molecule has 2 amide bonds. The molecule has 36 heavy (non-hydrogen) atoms. The molecule has 2 aromatic carbocycles. The average Bonchev–Trinajstić information content (AvgIpc) is 2.88. The van der Waals surface area contributed by atoms with Gasteiger partial charge in [0.2, 0.25) is 5.91 Å². The van der Waals surface area contributed by atoms with Crippen molar-refractivity contribution in [1.29, 1.82) is 0 Å². The number of likely N-dealkylation sites (N-methyl/N-ethyl adjacent to an activating group) is 1. The van der Waals surface area contributed by atoms with Crippen LogP contribution in [-0.4, -0.2) is 74.2 Å². The lowest BCUT2D eigenvalue weighted by Crippen LogP contribution is -2.47. The van der Waals surface area contributed by atoms with Gasteiger partial charge < -0.3 is 19.7 Å². The van der Waals surface area contributed by atoms with Crippen LogP contribution in [0.5, 0.6) is 5.75 Å². The van der Waals surface area contributed by atoms with Crippen molar-refractivity contribution in [3.63, 3.8) is 0 Å². The maximum absolute atomic E-state index is 13.5. The number of rotatable bonds is 7. The Kier molecular flexibility index (Phi) is 10.3. The summed E-state index contributed by atoms with van der Waals surface area (Å²) in [6.07, 6.45) is 2.04. The van der Waals surface area contributed by atoms with Crippen molar-refractivity contribution in [2.24, 2.45) is 5.92 Å². The summed E-state index contributed by atoms with van der Waals surface area (Å²) in [4.78, 5) is 29.7. The molecule has 0 aromatic heterocycles. The van der Waals surface area contributed by atoms with E-state index in [-0.39, 0.29) is 29.9 Å². The van der Waals surface area contributed by atoms with E-state index in [0.29, 0.717) is 36.6 Å². The number of hydrogen-bond donors (Lipinski definition) is 1. The highest BCUT2D eigenvalue weighted by molar-refractivity contribution is 5.99. The van der Waals surface area contributed by atoms with Crippen molar-refractivity contribution in [1.82, 2.24) is 9.80 Å². The monoisotopic (exact) mass is 495 g/mol. The highest BCUT2D eigenvalue weighted by Crippen LogP contribution is 2.26. The molecule has 7 heteroatoms. The van der Waals surface area contributed by atoms with E-state index in [1.165, 1.54) is 5.56 Å². The summed E-state index contributed by atoms with van der Waals surface area (Å²) in [5.41, 5.74) is 2.35. The lowest BCUT2D eigenvalue weighted by Gasteiger charge is -2.36. The number of anilines is 1. The number of amides is 2. The number of nitrogens with one attached hydrogen (secondary N) is 1. The molecule has 0 radical (unpaired) electrons. The maximum Gasteiger partial charge on any atom is 0.257 e. The van der Waals surface area contributed by atoms with Gasteiger partial charge in [-0.1, -0.05) is 44.2 Å². The molecule has 7 nitrogen and oxygen atoms in total. The molecule has 0 bridgehead atoms. The number of benzene rings is 2. The third-order valence-electron chi connectivity index (χ3n) is 6.87. The Hall–Kier alpha value is -2.90. The van der Waals surface area contributed by atoms with Crippen molar-refractivity contribution in [3.8, 4) is 5.75 Å². The minimum absolute atomic E-state index is 0.0664. The van der Waals surface area contributed by atoms with Gasteiger partial charge in [0, 0.05) is 51.9 Å². The molecule has 0 fully saturated rings. The second-order valence-electron chi connectivity index (χ2n) is 9.84. The molecule has 2 aromatic rings. The van der Waals surface area contributed by atoms with Crippen molar-refractivity contribution in [2.75, 3.05) is 45.7 Å². The van der Waals surface area contributed by atoms with Crippen LogP contribution in [0.4, 0.5) is 5.69 Å². The van der Waals surface area contributed by atoms with Crippen LogP contribution in [0.2, 0.25) is 0 Å². The van der Waals surface area contributed by atoms with Crippen LogP contribution < -0.4 is 10.1 Å². The van der Waals surface area contributed by atoms with Crippen LogP contribution in [0.1, 0.15) is 49.5 Å². The Morgan fingerprint density at radius 3 is 2.58 bits per heavy atom. The largest absolute Gasteiger partial charge is 0.491 e. The van der Waals surface area contributed by atoms with Crippen LogP contribution in [0.3, 0.4) is 0 Å². The molecule has 3 rings (SSSR count). The number of carbonyl (C=O) groups is 2. The molecule has 0 unspecified atom stereocenters. The molecular formula is C29H41N3O4. The first kappa shape index (κ1) is 27.7. The number of carbonyl (C=O) groups excluding carboxylic acids is 2. The lowest BCUT2D eigenvalue weighted by molar-refractivity contribution is -0.116. The molecule has 1 aliphatic rings. The average molecular weight is 496 g/mol. The number of ether oxygens (including phenoxy) is 2. The second-order valence-corrected chi connectivity index (χ2v) is 9.84. The van der Waals surface area contributed by atoms with Crippen molar-refractivity contribution >= 4 is 17.5 Å². The fourth-order valence-corrected chi connectivity index (χ4v) is 4.61. The van der Waals surface area contributed by atoms with E-state index in [4.69, 9.17) is 9.47 Å². The van der Waals surface area contributed by atoms with Crippen molar-refractivity contribution in [2.45, 2.75) is 52.2 Å². The highest BCUT2D eigenvalue weighted by Gasteiger charge is 2.28. The predicted octanol–water partition coefficient (Wildman–Crippen LogP) is 4.47. The van der Waals surface area contributed by atoms with E-state index in [2.05, 4.69) is 48.3 Å². The quantitative estimate of drug-likeness (QED) is 0.614. The molecule has 0 saturated heterocycles. The Morgan fingerprint density at radius 2 is 1.89 bits per heavy atom. The molecule has 1 heterocycles. The third-order valence-corrected chi connectivity index (χ3v) is 6.87.